The van der Waals surface area contributed by atoms with Crippen molar-refractivity contribution in [3.63, 3.8) is 0 Å². The van der Waals surface area contributed by atoms with Gasteiger partial charge < -0.3 is 9.84 Å². The van der Waals surface area contributed by atoms with Gasteiger partial charge in [0, 0.05) is 31.0 Å². The van der Waals surface area contributed by atoms with Gasteiger partial charge in [-0.25, -0.2) is 0 Å². The predicted molar refractivity (Wildman–Crippen MR) is 48.6 cm³/mol. The highest BCUT2D eigenvalue weighted by atomic mass is 19.4. The van der Waals surface area contributed by atoms with Crippen LogP contribution >= 0.6 is 0 Å². The van der Waals surface area contributed by atoms with Crippen molar-refractivity contribution in [3.8, 4) is 0 Å². The Hall–Kier alpha value is -1.14. The monoisotopic (exact) mass is 233 g/mol. The quantitative estimate of drug-likeness (QED) is 0.802. The Labute approximate surface area is 89.9 Å². The SMILES string of the molecule is OC1(c2cnccc2C(F)(F)F)CCOC1. The summed E-state index contributed by atoms with van der Waals surface area (Å²) in [6.45, 7) is 0.129. The molecule has 88 valence electrons. The first-order chi connectivity index (χ1) is 7.43. The summed E-state index contributed by atoms with van der Waals surface area (Å²) in [5.41, 5.74) is -2.63. The molecular formula is C10H10F3NO2. The molecule has 2 heterocycles. The Morgan fingerprint density at radius 2 is 2.19 bits per heavy atom. The molecule has 0 amide bonds. The number of halogens is 3. The van der Waals surface area contributed by atoms with Crippen LogP contribution in [0.15, 0.2) is 18.5 Å². The van der Waals surface area contributed by atoms with Crippen LogP contribution < -0.4 is 0 Å². The van der Waals surface area contributed by atoms with Crippen LogP contribution in [0.3, 0.4) is 0 Å². The number of nitrogens with zero attached hydrogens (tertiary/aromatic N) is 1. The van der Waals surface area contributed by atoms with Crippen molar-refractivity contribution in [3.05, 3.63) is 29.6 Å². The second-order valence-corrected chi connectivity index (χ2v) is 3.75. The number of pyridine rings is 1. The smallest absolute Gasteiger partial charge is 0.383 e. The normalized spacial score (nSPS) is 26.0. The molecule has 1 aromatic heterocycles. The average molecular weight is 233 g/mol. The number of alkyl halides is 3. The first kappa shape index (κ1) is 11.3. The number of rotatable bonds is 1. The molecule has 3 nitrogen and oxygen atoms in total. The Balaban J connectivity index is 2.48. The standard InChI is InChI=1S/C10H10F3NO2/c11-10(12,13)7-1-3-14-5-8(7)9(15)2-4-16-6-9/h1,3,5,15H,2,4,6H2. The molecule has 2 rings (SSSR count). The fraction of sp³-hybridized carbons (Fsp3) is 0.500. The fourth-order valence-corrected chi connectivity index (χ4v) is 1.78. The molecule has 1 fully saturated rings. The molecule has 0 saturated carbocycles. The summed E-state index contributed by atoms with van der Waals surface area (Å²) in [6.07, 6.45) is -2.22. The minimum absolute atomic E-state index is 0.123. The van der Waals surface area contributed by atoms with Gasteiger partial charge >= 0.3 is 6.18 Å². The van der Waals surface area contributed by atoms with Gasteiger partial charge in [0.25, 0.3) is 0 Å². The van der Waals surface area contributed by atoms with Crippen LogP contribution in [0.2, 0.25) is 0 Å². The van der Waals surface area contributed by atoms with Crippen molar-refractivity contribution in [1.29, 1.82) is 0 Å². The third-order valence-corrected chi connectivity index (χ3v) is 2.63. The molecule has 0 radical (unpaired) electrons. The molecule has 1 aliphatic rings. The summed E-state index contributed by atoms with van der Waals surface area (Å²) in [4.78, 5) is 3.63. The Morgan fingerprint density at radius 3 is 2.75 bits per heavy atom. The van der Waals surface area contributed by atoms with E-state index in [0.717, 1.165) is 18.5 Å². The molecule has 1 aromatic rings. The van der Waals surface area contributed by atoms with Gasteiger partial charge in [0.1, 0.15) is 5.60 Å². The Bertz CT molecular complexity index is 386. The minimum Gasteiger partial charge on any atom is -0.383 e. The van der Waals surface area contributed by atoms with E-state index < -0.39 is 17.3 Å². The molecule has 1 aliphatic heterocycles. The zero-order chi connectivity index (χ0) is 11.8. The van der Waals surface area contributed by atoms with E-state index in [4.69, 9.17) is 4.74 Å². The van der Waals surface area contributed by atoms with Gasteiger partial charge in [-0.3, -0.25) is 4.98 Å². The maximum Gasteiger partial charge on any atom is 0.416 e. The van der Waals surface area contributed by atoms with Crippen molar-refractivity contribution >= 4 is 0 Å². The third kappa shape index (κ3) is 1.90. The van der Waals surface area contributed by atoms with E-state index in [0.29, 0.717) is 0 Å². The van der Waals surface area contributed by atoms with Crippen LogP contribution in [0, 0.1) is 0 Å². The summed E-state index contributed by atoms with van der Waals surface area (Å²) in [5.74, 6) is 0. The third-order valence-electron chi connectivity index (χ3n) is 2.63. The summed E-state index contributed by atoms with van der Waals surface area (Å²) < 4.78 is 43.0. The van der Waals surface area contributed by atoms with Crippen LogP contribution in [0.1, 0.15) is 17.5 Å². The number of hydrogen-bond donors (Lipinski definition) is 1. The number of aromatic nitrogens is 1. The molecule has 0 bridgehead atoms. The van der Waals surface area contributed by atoms with E-state index in [1.54, 1.807) is 0 Å². The van der Waals surface area contributed by atoms with Gasteiger partial charge in [-0.15, -0.1) is 0 Å². The highest BCUT2D eigenvalue weighted by Gasteiger charge is 2.43. The van der Waals surface area contributed by atoms with Gasteiger partial charge in [0.15, 0.2) is 0 Å². The number of ether oxygens (including phenoxy) is 1. The molecule has 0 aliphatic carbocycles. The zero-order valence-corrected chi connectivity index (χ0v) is 8.29. The first-order valence-corrected chi connectivity index (χ1v) is 4.75. The van der Waals surface area contributed by atoms with Gasteiger partial charge in [0.05, 0.1) is 12.2 Å². The summed E-state index contributed by atoms with van der Waals surface area (Å²) in [5, 5.41) is 10.0. The Morgan fingerprint density at radius 1 is 1.44 bits per heavy atom. The lowest BCUT2D eigenvalue weighted by Crippen LogP contribution is -2.29. The molecule has 16 heavy (non-hydrogen) atoms. The number of hydrogen-bond acceptors (Lipinski definition) is 3. The van der Waals surface area contributed by atoms with Gasteiger partial charge in [0.2, 0.25) is 0 Å². The molecule has 1 N–H and O–H groups in total. The van der Waals surface area contributed by atoms with Crippen LogP contribution in [-0.2, 0) is 16.5 Å². The lowest BCUT2D eigenvalue weighted by molar-refractivity contribution is -0.140. The van der Waals surface area contributed by atoms with E-state index in [9.17, 15) is 18.3 Å². The second-order valence-electron chi connectivity index (χ2n) is 3.75. The zero-order valence-electron chi connectivity index (χ0n) is 8.29. The lowest BCUT2D eigenvalue weighted by Gasteiger charge is -2.24. The van der Waals surface area contributed by atoms with Gasteiger partial charge in [-0.1, -0.05) is 0 Å². The Kier molecular flexibility index (Phi) is 2.63. The van der Waals surface area contributed by atoms with Crippen molar-refractivity contribution in [2.75, 3.05) is 13.2 Å². The topological polar surface area (TPSA) is 42.4 Å². The van der Waals surface area contributed by atoms with Crippen molar-refractivity contribution in [1.82, 2.24) is 4.98 Å². The van der Waals surface area contributed by atoms with Crippen molar-refractivity contribution < 1.29 is 23.0 Å². The number of aliphatic hydroxyl groups is 1. The van der Waals surface area contributed by atoms with Crippen molar-refractivity contribution in [2.24, 2.45) is 0 Å². The average Bonchev–Trinajstić information content (AvgIpc) is 2.65. The maximum atomic E-state index is 12.7. The first-order valence-electron chi connectivity index (χ1n) is 4.75. The van der Waals surface area contributed by atoms with Crippen LogP contribution in [0.25, 0.3) is 0 Å². The van der Waals surface area contributed by atoms with E-state index in [1.165, 1.54) is 0 Å². The highest BCUT2D eigenvalue weighted by Crippen LogP contribution is 2.39. The maximum absolute atomic E-state index is 12.7. The van der Waals surface area contributed by atoms with E-state index >= 15 is 0 Å². The van der Waals surface area contributed by atoms with Crippen molar-refractivity contribution in [2.45, 2.75) is 18.2 Å². The van der Waals surface area contributed by atoms with Crippen LogP contribution in [-0.4, -0.2) is 23.3 Å². The molecule has 1 unspecified atom stereocenters. The predicted octanol–water partition coefficient (Wildman–Crippen LogP) is 1.71. The van der Waals surface area contributed by atoms with Gasteiger partial charge in [-0.2, -0.15) is 13.2 Å². The van der Waals surface area contributed by atoms with E-state index in [2.05, 4.69) is 4.98 Å². The fourth-order valence-electron chi connectivity index (χ4n) is 1.78. The summed E-state index contributed by atoms with van der Waals surface area (Å²) >= 11 is 0. The molecule has 0 spiro atoms. The van der Waals surface area contributed by atoms with Gasteiger partial charge in [-0.05, 0) is 6.07 Å². The molecular weight excluding hydrogens is 223 g/mol. The molecule has 6 heteroatoms. The molecule has 1 atom stereocenters. The molecule has 0 aromatic carbocycles. The van der Waals surface area contributed by atoms with E-state index in [-0.39, 0.29) is 25.2 Å². The second kappa shape index (κ2) is 3.71. The summed E-state index contributed by atoms with van der Waals surface area (Å²) in [6, 6.07) is 0.867. The summed E-state index contributed by atoms with van der Waals surface area (Å²) in [7, 11) is 0. The van der Waals surface area contributed by atoms with Crippen LogP contribution in [0.5, 0.6) is 0 Å². The molecule has 1 saturated heterocycles. The largest absolute Gasteiger partial charge is 0.416 e. The highest BCUT2D eigenvalue weighted by molar-refractivity contribution is 5.32. The van der Waals surface area contributed by atoms with E-state index in [1.807, 2.05) is 0 Å². The minimum atomic E-state index is -4.49. The van der Waals surface area contributed by atoms with Crippen LogP contribution in [0.4, 0.5) is 13.2 Å². The lowest BCUT2D eigenvalue weighted by atomic mass is 9.90.